The smallest absolute Gasteiger partial charge is 0.0594 e. The zero-order valence-electron chi connectivity index (χ0n) is 10.5. The van der Waals surface area contributed by atoms with Crippen molar-refractivity contribution in [1.82, 2.24) is 9.80 Å². The zero-order valence-corrected chi connectivity index (χ0v) is 10.5. The molecule has 0 radical (unpaired) electrons. The molecule has 0 N–H and O–H groups in total. The van der Waals surface area contributed by atoms with Crippen LogP contribution >= 0.6 is 0 Å². The first-order valence-corrected chi connectivity index (χ1v) is 6.17. The summed E-state index contributed by atoms with van der Waals surface area (Å²) in [7, 11) is 2.23. The van der Waals surface area contributed by atoms with E-state index < -0.39 is 0 Å². The van der Waals surface area contributed by atoms with Crippen molar-refractivity contribution in [3.63, 3.8) is 0 Å². The Balaban J connectivity index is 2.02. The van der Waals surface area contributed by atoms with Gasteiger partial charge in [-0.2, -0.15) is 0 Å². The molecule has 15 heavy (non-hydrogen) atoms. The van der Waals surface area contributed by atoms with Crippen LogP contribution in [-0.2, 0) is 4.74 Å². The SMILES string of the molecule is CC(C)CCN(C)CCN1CCOCC1. The van der Waals surface area contributed by atoms with Crippen LogP contribution in [-0.4, -0.2) is 62.8 Å². The summed E-state index contributed by atoms with van der Waals surface area (Å²) in [5, 5.41) is 0. The molecule has 3 nitrogen and oxygen atoms in total. The van der Waals surface area contributed by atoms with Crippen molar-refractivity contribution in [2.24, 2.45) is 5.92 Å². The van der Waals surface area contributed by atoms with Gasteiger partial charge in [-0.15, -0.1) is 0 Å². The third-order valence-electron chi connectivity index (χ3n) is 2.99. The molecular formula is C12H26N2O. The maximum atomic E-state index is 5.33. The number of nitrogens with zero attached hydrogens (tertiary/aromatic N) is 2. The Morgan fingerprint density at radius 2 is 1.87 bits per heavy atom. The largest absolute Gasteiger partial charge is 0.379 e. The highest BCUT2D eigenvalue weighted by Crippen LogP contribution is 2.01. The standard InChI is InChI=1S/C12H26N2O/c1-12(2)4-5-13(3)6-7-14-8-10-15-11-9-14/h12H,4-11H2,1-3H3. The minimum Gasteiger partial charge on any atom is -0.379 e. The first-order chi connectivity index (χ1) is 7.18. The van der Waals surface area contributed by atoms with E-state index in [1.54, 1.807) is 0 Å². The molecule has 1 aliphatic heterocycles. The second kappa shape index (κ2) is 7.20. The Bertz CT molecular complexity index is 156. The van der Waals surface area contributed by atoms with Crippen molar-refractivity contribution >= 4 is 0 Å². The van der Waals surface area contributed by atoms with Gasteiger partial charge in [0, 0.05) is 26.2 Å². The molecule has 0 aromatic carbocycles. The summed E-state index contributed by atoms with van der Waals surface area (Å²) in [5.74, 6) is 0.816. The van der Waals surface area contributed by atoms with Gasteiger partial charge in [0.25, 0.3) is 0 Å². The third kappa shape index (κ3) is 6.13. The van der Waals surface area contributed by atoms with Crippen molar-refractivity contribution in [2.75, 3.05) is 53.0 Å². The number of hydrogen-bond donors (Lipinski definition) is 0. The molecule has 0 saturated carbocycles. The molecule has 3 heteroatoms. The molecule has 0 spiro atoms. The highest BCUT2D eigenvalue weighted by molar-refractivity contribution is 4.64. The Labute approximate surface area is 94.4 Å². The highest BCUT2D eigenvalue weighted by atomic mass is 16.5. The molecule has 1 rings (SSSR count). The lowest BCUT2D eigenvalue weighted by molar-refractivity contribution is 0.0343. The Morgan fingerprint density at radius 1 is 1.20 bits per heavy atom. The van der Waals surface area contributed by atoms with Gasteiger partial charge < -0.3 is 9.64 Å². The zero-order chi connectivity index (χ0) is 11.1. The molecule has 0 amide bonds. The van der Waals surface area contributed by atoms with Crippen LogP contribution in [0.3, 0.4) is 0 Å². The van der Waals surface area contributed by atoms with Gasteiger partial charge in [-0.25, -0.2) is 0 Å². The van der Waals surface area contributed by atoms with Crippen LogP contribution in [0.5, 0.6) is 0 Å². The Hall–Kier alpha value is -0.120. The second-order valence-electron chi connectivity index (χ2n) is 4.94. The molecule has 0 atom stereocenters. The highest BCUT2D eigenvalue weighted by Gasteiger charge is 2.10. The van der Waals surface area contributed by atoms with E-state index in [0.717, 1.165) is 32.2 Å². The number of rotatable bonds is 6. The molecule has 0 bridgehead atoms. The number of hydrogen-bond acceptors (Lipinski definition) is 3. The summed E-state index contributed by atoms with van der Waals surface area (Å²) in [6, 6.07) is 0. The molecule has 90 valence electrons. The van der Waals surface area contributed by atoms with Crippen LogP contribution in [0.15, 0.2) is 0 Å². The number of likely N-dealkylation sites (N-methyl/N-ethyl adjacent to an activating group) is 1. The summed E-state index contributed by atoms with van der Waals surface area (Å²) in [6.07, 6.45) is 1.31. The third-order valence-corrected chi connectivity index (χ3v) is 2.99. The molecule has 1 saturated heterocycles. The summed E-state index contributed by atoms with van der Waals surface area (Å²) < 4.78 is 5.33. The predicted octanol–water partition coefficient (Wildman–Crippen LogP) is 1.30. The van der Waals surface area contributed by atoms with Crippen LogP contribution in [0.1, 0.15) is 20.3 Å². The van der Waals surface area contributed by atoms with Gasteiger partial charge in [-0.05, 0) is 25.9 Å². The van der Waals surface area contributed by atoms with E-state index in [0.29, 0.717) is 0 Å². The van der Waals surface area contributed by atoms with Crippen LogP contribution < -0.4 is 0 Å². The Kier molecular flexibility index (Phi) is 6.22. The molecule has 0 unspecified atom stereocenters. The summed E-state index contributed by atoms with van der Waals surface area (Å²) in [5.41, 5.74) is 0. The fourth-order valence-electron chi connectivity index (χ4n) is 1.73. The van der Waals surface area contributed by atoms with E-state index in [1.165, 1.54) is 26.1 Å². The average molecular weight is 214 g/mol. The summed E-state index contributed by atoms with van der Waals surface area (Å²) in [6.45, 7) is 12.2. The predicted molar refractivity (Wildman–Crippen MR) is 64.2 cm³/mol. The fraction of sp³-hybridized carbons (Fsp3) is 1.00. The van der Waals surface area contributed by atoms with Gasteiger partial charge in [0.2, 0.25) is 0 Å². The maximum Gasteiger partial charge on any atom is 0.0594 e. The van der Waals surface area contributed by atoms with E-state index >= 15 is 0 Å². The van der Waals surface area contributed by atoms with Crippen molar-refractivity contribution in [3.8, 4) is 0 Å². The van der Waals surface area contributed by atoms with Gasteiger partial charge in [0.1, 0.15) is 0 Å². The van der Waals surface area contributed by atoms with Crippen LogP contribution in [0.2, 0.25) is 0 Å². The van der Waals surface area contributed by atoms with E-state index in [2.05, 4.69) is 30.7 Å². The van der Waals surface area contributed by atoms with Crippen LogP contribution in [0.4, 0.5) is 0 Å². The summed E-state index contributed by atoms with van der Waals surface area (Å²) in [4.78, 5) is 4.94. The van der Waals surface area contributed by atoms with Crippen LogP contribution in [0.25, 0.3) is 0 Å². The maximum absolute atomic E-state index is 5.33. The normalized spacial score (nSPS) is 19.0. The van der Waals surface area contributed by atoms with Crippen molar-refractivity contribution in [2.45, 2.75) is 20.3 Å². The van der Waals surface area contributed by atoms with E-state index in [9.17, 15) is 0 Å². The average Bonchev–Trinajstić information content (AvgIpc) is 2.25. The van der Waals surface area contributed by atoms with E-state index in [-0.39, 0.29) is 0 Å². The van der Waals surface area contributed by atoms with Gasteiger partial charge in [0.05, 0.1) is 13.2 Å². The fourth-order valence-corrected chi connectivity index (χ4v) is 1.73. The lowest BCUT2D eigenvalue weighted by Crippen LogP contribution is -2.40. The minimum absolute atomic E-state index is 0.816. The first-order valence-electron chi connectivity index (χ1n) is 6.17. The molecule has 1 aliphatic rings. The van der Waals surface area contributed by atoms with Crippen molar-refractivity contribution in [3.05, 3.63) is 0 Å². The number of morpholine rings is 1. The van der Waals surface area contributed by atoms with Crippen molar-refractivity contribution < 1.29 is 4.74 Å². The van der Waals surface area contributed by atoms with Crippen molar-refractivity contribution in [1.29, 1.82) is 0 Å². The topological polar surface area (TPSA) is 15.7 Å². The van der Waals surface area contributed by atoms with Crippen LogP contribution in [0, 0.1) is 5.92 Å². The molecule has 0 aromatic heterocycles. The molecule has 1 heterocycles. The van der Waals surface area contributed by atoms with Gasteiger partial charge in [-0.1, -0.05) is 13.8 Å². The van der Waals surface area contributed by atoms with Gasteiger partial charge >= 0.3 is 0 Å². The molecule has 1 fully saturated rings. The van der Waals surface area contributed by atoms with E-state index in [4.69, 9.17) is 4.74 Å². The van der Waals surface area contributed by atoms with Gasteiger partial charge in [-0.3, -0.25) is 4.90 Å². The lowest BCUT2D eigenvalue weighted by Gasteiger charge is -2.28. The number of ether oxygens (including phenoxy) is 1. The Morgan fingerprint density at radius 3 is 2.47 bits per heavy atom. The molecule has 0 aliphatic carbocycles. The van der Waals surface area contributed by atoms with E-state index in [1.807, 2.05) is 0 Å². The monoisotopic (exact) mass is 214 g/mol. The second-order valence-corrected chi connectivity index (χ2v) is 4.94. The minimum atomic E-state index is 0.816. The summed E-state index contributed by atoms with van der Waals surface area (Å²) >= 11 is 0. The molecule has 0 aromatic rings. The quantitative estimate of drug-likeness (QED) is 0.663. The van der Waals surface area contributed by atoms with Gasteiger partial charge in [0.15, 0.2) is 0 Å². The lowest BCUT2D eigenvalue weighted by atomic mass is 10.1. The first kappa shape index (κ1) is 12.9. The molecular weight excluding hydrogens is 188 g/mol.